The number of nitrogens with zero attached hydrogens (tertiary/aromatic N) is 1. The van der Waals surface area contributed by atoms with E-state index in [1.54, 1.807) is 0 Å². The molecular weight excluding hydrogens is 218 g/mol. The van der Waals surface area contributed by atoms with Crippen molar-refractivity contribution in [2.24, 2.45) is 0 Å². The van der Waals surface area contributed by atoms with Gasteiger partial charge in [0.15, 0.2) is 9.84 Å². The number of ether oxygens (including phenoxy) is 1. The van der Waals surface area contributed by atoms with Crippen LogP contribution in [0.4, 0.5) is 0 Å². The lowest BCUT2D eigenvalue weighted by molar-refractivity contribution is 0.0851. The van der Waals surface area contributed by atoms with Gasteiger partial charge in [0, 0.05) is 26.2 Å². The molecule has 0 aromatic rings. The van der Waals surface area contributed by atoms with E-state index in [0.29, 0.717) is 26.3 Å². The van der Waals surface area contributed by atoms with Crippen molar-refractivity contribution in [2.75, 3.05) is 51.0 Å². The lowest BCUT2D eigenvalue weighted by atomic mass is 10.4. The zero-order chi connectivity index (χ0) is 11.1. The van der Waals surface area contributed by atoms with Crippen molar-refractivity contribution in [3.05, 3.63) is 0 Å². The first kappa shape index (κ1) is 12.9. The van der Waals surface area contributed by atoms with Crippen LogP contribution in [-0.4, -0.2) is 69.4 Å². The van der Waals surface area contributed by atoms with Crippen LogP contribution in [0.25, 0.3) is 0 Å². The quantitative estimate of drug-likeness (QED) is 0.607. The molecule has 0 aromatic heterocycles. The number of sulfone groups is 1. The Bertz CT molecular complexity index is 251. The van der Waals surface area contributed by atoms with Crippen molar-refractivity contribution in [3.8, 4) is 0 Å². The van der Waals surface area contributed by atoms with Crippen molar-refractivity contribution in [1.29, 1.82) is 0 Å². The summed E-state index contributed by atoms with van der Waals surface area (Å²) in [5.74, 6) is 0.564. The number of hydrogen-bond acceptors (Lipinski definition) is 5. The highest BCUT2D eigenvalue weighted by Gasteiger charge is 2.20. The van der Waals surface area contributed by atoms with E-state index in [4.69, 9.17) is 9.84 Å². The zero-order valence-electron chi connectivity index (χ0n) is 8.89. The van der Waals surface area contributed by atoms with Crippen LogP contribution in [0.1, 0.15) is 6.42 Å². The maximum atomic E-state index is 11.1. The number of aliphatic hydroxyl groups excluding tert-OH is 1. The van der Waals surface area contributed by atoms with Gasteiger partial charge in [-0.15, -0.1) is 0 Å². The standard InChI is InChI=1S/C9H19NO4S/c11-5-7-14-6-1-2-10-3-8-15(12,13)9-4-10/h11H,1-9H2. The van der Waals surface area contributed by atoms with Gasteiger partial charge in [-0.1, -0.05) is 0 Å². The van der Waals surface area contributed by atoms with Gasteiger partial charge in [-0.3, -0.25) is 0 Å². The van der Waals surface area contributed by atoms with Gasteiger partial charge < -0.3 is 14.7 Å². The van der Waals surface area contributed by atoms with E-state index in [0.717, 1.165) is 13.0 Å². The van der Waals surface area contributed by atoms with Crippen LogP contribution in [0.15, 0.2) is 0 Å². The normalized spacial score (nSPS) is 21.7. The summed E-state index contributed by atoms with van der Waals surface area (Å²) in [4.78, 5) is 2.14. The molecule has 0 aromatic carbocycles. The summed E-state index contributed by atoms with van der Waals surface area (Å²) in [5, 5.41) is 8.47. The molecule has 0 unspecified atom stereocenters. The van der Waals surface area contributed by atoms with Gasteiger partial charge in [-0.25, -0.2) is 8.42 Å². The molecule has 0 radical (unpaired) electrons. The minimum absolute atomic E-state index is 0.0575. The largest absolute Gasteiger partial charge is 0.394 e. The number of aliphatic hydroxyl groups is 1. The van der Waals surface area contributed by atoms with Crippen molar-refractivity contribution in [3.63, 3.8) is 0 Å². The SMILES string of the molecule is O=S1(=O)CCN(CCCOCCO)CC1. The summed E-state index contributed by atoms with van der Waals surface area (Å²) in [7, 11) is -2.76. The fourth-order valence-electron chi connectivity index (χ4n) is 1.53. The second-order valence-electron chi connectivity index (χ2n) is 3.68. The van der Waals surface area contributed by atoms with E-state index >= 15 is 0 Å². The van der Waals surface area contributed by atoms with Gasteiger partial charge in [-0.05, 0) is 6.42 Å². The predicted molar refractivity (Wildman–Crippen MR) is 57.6 cm³/mol. The molecule has 1 heterocycles. The molecule has 0 spiro atoms. The van der Waals surface area contributed by atoms with Gasteiger partial charge in [0.25, 0.3) is 0 Å². The first-order chi connectivity index (χ1) is 7.14. The molecule has 1 saturated heterocycles. The van der Waals surface area contributed by atoms with E-state index < -0.39 is 9.84 Å². The molecule has 0 saturated carbocycles. The van der Waals surface area contributed by atoms with E-state index in [2.05, 4.69) is 4.90 Å². The Balaban J connectivity index is 2.04. The molecule has 90 valence electrons. The molecule has 0 bridgehead atoms. The summed E-state index contributed by atoms with van der Waals surface area (Å²) < 4.78 is 27.4. The molecule has 15 heavy (non-hydrogen) atoms. The first-order valence-corrected chi connectivity index (χ1v) is 7.07. The molecule has 1 aliphatic heterocycles. The van der Waals surface area contributed by atoms with Gasteiger partial charge >= 0.3 is 0 Å². The zero-order valence-corrected chi connectivity index (χ0v) is 9.71. The number of rotatable bonds is 6. The molecule has 1 N–H and O–H groups in total. The monoisotopic (exact) mass is 237 g/mol. The highest BCUT2D eigenvalue weighted by atomic mass is 32.2. The summed E-state index contributed by atoms with van der Waals surface area (Å²) >= 11 is 0. The van der Waals surface area contributed by atoms with Crippen LogP contribution >= 0.6 is 0 Å². The summed E-state index contributed by atoms with van der Waals surface area (Å²) in [6, 6.07) is 0. The van der Waals surface area contributed by atoms with Gasteiger partial charge in [0.1, 0.15) is 0 Å². The average molecular weight is 237 g/mol. The van der Waals surface area contributed by atoms with Gasteiger partial charge in [-0.2, -0.15) is 0 Å². The molecule has 0 atom stereocenters. The van der Waals surface area contributed by atoms with Crippen LogP contribution in [0.5, 0.6) is 0 Å². The molecule has 0 aliphatic carbocycles. The third-order valence-corrected chi connectivity index (χ3v) is 4.04. The Labute approximate surface area is 90.9 Å². The van der Waals surface area contributed by atoms with Crippen molar-refractivity contribution in [2.45, 2.75) is 6.42 Å². The Morgan fingerprint density at radius 2 is 1.87 bits per heavy atom. The molecule has 0 amide bonds. The molecular formula is C9H19NO4S. The molecule has 1 aliphatic rings. The van der Waals surface area contributed by atoms with E-state index in [1.807, 2.05) is 0 Å². The van der Waals surface area contributed by atoms with Crippen LogP contribution < -0.4 is 0 Å². The maximum absolute atomic E-state index is 11.1. The summed E-state index contributed by atoms with van der Waals surface area (Å²) in [6.45, 7) is 3.23. The minimum atomic E-state index is -2.76. The molecule has 1 rings (SSSR count). The summed E-state index contributed by atoms with van der Waals surface area (Å²) in [5.41, 5.74) is 0. The second kappa shape index (κ2) is 6.42. The Morgan fingerprint density at radius 1 is 1.20 bits per heavy atom. The third-order valence-electron chi connectivity index (χ3n) is 2.44. The Kier molecular flexibility index (Phi) is 5.52. The van der Waals surface area contributed by atoms with Crippen molar-refractivity contribution < 1.29 is 18.3 Å². The molecule has 6 heteroatoms. The highest BCUT2D eigenvalue weighted by Crippen LogP contribution is 2.03. The number of hydrogen-bond donors (Lipinski definition) is 1. The fourth-order valence-corrected chi connectivity index (χ4v) is 2.81. The Morgan fingerprint density at radius 3 is 2.47 bits per heavy atom. The lowest BCUT2D eigenvalue weighted by Crippen LogP contribution is -2.40. The van der Waals surface area contributed by atoms with E-state index in [1.165, 1.54) is 0 Å². The molecule has 5 nitrogen and oxygen atoms in total. The van der Waals surface area contributed by atoms with E-state index in [9.17, 15) is 8.42 Å². The van der Waals surface area contributed by atoms with Crippen LogP contribution in [-0.2, 0) is 14.6 Å². The minimum Gasteiger partial charge on any atom is -0.394 e. The van der Waals surface area contributed by atoms with Crippen molar-refractivity contribution in [1.82, 2.24) is 4.90 Å². The highest BCUT2D eigenvalue weighted by molar-refractivity contribution is 7.91. The van der Waals surface area contributed by atoms with Crippen LogP contribution in [0, 0.1) is 0 Å². The van der Waals surface area contributed by atoms with Crippen LogP contribution in [0.3, 0.4) is 0 Å². The Hall–Kier alpha value is -0.170. The summed E-state index contributed by atoms with van der Waals surface area (Å²) in [6.07, 6.45) is 0.889. The smallest absolute Gasteiger partial charge is 0.152 e. The van der Waals surface area contributed by atoms with Crippen LogP contribution in [0.2, 0.25) is 0 Å². The van der Waals surface area contributed by atoms with Crippen molar-refractivity contribution >= 4 is 9.84 Å². The first-order valence-electron chi connectivity index (χ1n) is 5.25. The van der Waals surface area contributed by atoms with Gasteiger partial charge in [0.2, 0.25) is 0 Å². The van der Waals surface area contributed by atoms with Gasteiger partial charge in [0.05, 0.1) is 24.7 Å². The topological polar surface area (TPSA) is 66.8 Å². The average Bonchev–Trinajstić information content (AvgIpc) is 2.20. The predicted octanol–water partition coefficient (Wildman–Crippen LogP) is -0.884. The molecule has 1 fully saturated rings. The second-order valence-corrected chi connectivity index (χ2v) is 5.99. The fraction of sp³-hybridized carbons (Fsp3) is 1.00. The third kappa shape index (κ3) is 5.46. The van der Waals surface area contributed by atoms with E-state index in [-0.39, 0.29) is 18.1 Å². The maximum Gasteiger partial charge on any atom is 0.152 e. The lowest BCUT2D eigenvalue weighted by Gasteiger charge is -2.26.